The summed E-state index contributed by atoms with van der Waals surface area (Å²) in [7, 11) is 0. The van der Waals surface area contributed by atoms with Gasteiger partial charge in [0, 0.05) is 6.42 Å². The molecule has 0 aromatic carbocycles. The molecule has 0 radical (unpaired) electrons. The first-order chi connectivity index (χ1) is 6.43. The van der Waals surface area contributed by atoms with Crippen molar-refractivity contribution in [2.45, 2.75) is 12.8 Å². The first-order valence-electron chi connectivity index (χ1n) is 3.93. The van der Waals surface area contributed by atoms with E-state index in [1.165, 1.54) is 0 Å². The maximum absolute atomic E-state index is 10.6. The molecule has 7 nitrogen and oxygen atoms in total. The van der Waals surface area contributed by atoms with Crippen LogP contribution in [-0.4, -0.2) is 34.7 Å². The quantitative estimate of drug-likeness (QED) is 0.316. The maximum atomic E-state index is 10.6. The zero-order valence-electron chi connectivity index (χ0n) is 7.51. The molecule has 6 N–H and O–H groups in total. The lowest BCUT2D eigenvalue weighted by Gasteiger charge is -2.07. The molecule has 0 fully saturated rings. The Morgan fingerprint density at radius 1 is 1.29 bits per heavy atom. The minimum Gasteiger partial charge on any atom is -0.481 e. The summed E-state index contributed by atoms with van der Waals surface area (Å²) in [6, 6.07) is 0. The number of rotatable bonds is 6. The molecule has 0 aliphatic rings. The van der Waals surface area contributed by atoms with Crippen molar-refractivity contribution in [3.8, 4) is 0 Å². The number of aliphatic imine (C=N–C) groups is 1. The van der Waals surface area contributed by atoms with Crippen LogP contribution in [0.3, 0.4) is 0 Å². The number of hydrogen-bond donors (Lipinski definition) is 4. The van der Waals surface area contributed by atoms with Crippen LogP contribution in [0.25, 0.3) is 0 Å². The molecule has 0 aromatic rings. The van der Waals surface area contributed by atoms with Gasteiger partial charge in [0.05, 0.1) is 12.5 Å². The molecule has 0 saturated heterocycles. The molecular formula is C7H13N3O4. The third kappa shape index (κ3) is 5.81. The molecule has 0 aliphatic heterocycles. The molecule has 1 unspecified atom stereocenters. The van der Waals surface area contributed by atoms with E-state index in [2.05, 4.69) is 4.99 Å². The predicted octanol–water partition coefficient (Wildman–Crippen LogP) is -1.17. The lowest BCUT2D eigenvalue weighted by atomic mass is 10.0. The van der Waals surface area contributed by atoms with Crippen LogP contribution in [0, 0.1) is 5.92 Å². The van der Waals surface area contributed by atoms with E-state index in [0.29, 0.717) is 0 Å². The number of carbonyl (C=O) groups is 2. The van der Waals surface area contributed by atoms with Crippen molar-refractivity contribution in [1.82, 2.24) is 0 Å². The number of hydrogen-bond acceptors (Lipinski definition) is 3. The van der Waals surface area contributed by atoms with Gasteiger partial charge in [-0.2, -0.15) is 0 Å². The second-order valence-electron chi connectivity index (χ2n) is 2.73. The molecule has 7 heteroatoms. The van der Waals surface area contributed by atoms with Gasteiger partial charge in [-0.1, -0.05) is 0 Å². The summed E-state index contributed by atoms with van der Waals surface area (Å²) in [5, 5.41) is 17.0. The van der Waals surface area contributed by atoms with E-state index < -0.39 is 17.9 Å². The van der Waals surface area contributed by atoms with E-state index in [-0.39, 0.29) is 25.3 Å². The minimum atomic E-state index is -1.10. The van der Waals surface area contributed by atoms with Gasteiger partial charge in [0.15, 0.2) is 5.96 Å². The SMILES string of the molecule is NC(N)=NCC(CCC(=O)O)C(=O)O. The van der Waals surface area contributed by atoms with Gasteiger partial charge in [-0.05, 0) is 6.42 Å². The molecule has 14 heavy (non-hydrogen) atoms. The number of nitrogens with zero attached hydrogens (tertiary/aromatic N) is 1. The molecule has 80 valence electrons. The zero-order valence-corrected chi connectivity index (χ0v) is 7.51. The van der Waals surface area contributed by atoms with Crippen LogP contribution in [-0.2, 0) is 9.59 Å². The van der Waals surface area contributed by atoms with Gasteiger partial charge in [0.25, 0.3) is 0 Å². The molecular weight excluding hydrogens is 190 g/mol. The fraction of sp³-hybridized carbons (Fsp3) is 0.571. The highest BCUT2D eigenvalue weighted by atomic mass is 16.4. The van der Waals surface area contributed by atoms with Crippen LogP contribution in [0.15, 0.2) is 4.99 Å². The highest BCUT2D eigenvalue weighted by Gasteiger charge is 2.17. The Morgan fingerprint density at radius 2 is 1.86 bits per heavy atom. The highest BCUT2D eigenvalue weighted by Crippen LogP contribution is 2.07. The van der Waals surface area contributed by atoms with E-state index in [1.54, 1.807) is 0 Å². The Bertz CT molecular complexity index is 247. The Kier molecular flexibility index (Phi) is 5.05. The number of guanidine groups is 1. The molecule has 0 bridgehead atoms. The summed E-state index contributed by atoms with van der Waals surface area (Å²) in [4.78, 5) is 24.3. The van der Waals surface area contributed by atoms with Crippen LogP contribution >= 0.6 is 0 Å². The standard InChI is InChI=1S/C7H13N3O4/c8-7(9)10-3-4(6(13)14)1-2-5(11)12/h4H,1-3H2,(H,11,12)(H,13,14)(H4,8,9,10). The van der Waals surface area contributed by atoms with Crippen LogP contribution in [0.1, 0.15) is 12.8 Å². The maximum Gasteiger partial charge on any atom is 0.308 e. The van der Waals surface area contributed by atoms with Gasteiger partial charge in [0.1, 0.15) is 0 Å². The summed E-state index contributed by atoms with van der Waals surface area (Å²) in [6.45, 7) is -0.0923. The average Bonchev–Trinajstić information content (AvgIpc) is 2.02. The second-order valence-corrected chi connectivity index (χ2v) is 2.73. The predicted molar refractivity (Wildman–Crippen MR) is 48.7 cm³/mol. The van der Waals surface area contributed by atoms with Gasteiger partial charge in [0.2, 0.25) is 0 Å². The Balaban J connectivity index is 4.10. The summed E-state index contributed by atoms with van der Waals surface area (Å²) in [5.41, 5.74) is 10.0. The van der Waals surface area contributed by atoms with Gasteiger partial charge >= 0.3 is 11.9 Å². The summed E-state index contributed by atoms with van der Waals surface area (Å²) in [6.07, 6.45) is -0.196. The second kappa shape index (κ2) is 5.79. The van der Waals surface area contributed by atoms with Crippen molar-refractivity contribution < 1.29 is 19.8 Å². The molecule has 0 aromatic heterocycles. The van der Waals surface area contributed by atoms with Crippen molar-refractivity contribution >= 4 is 17.9 Å². The van der Waals surface area contributed by atoms with Gasteiger partial charge < -0.3 is 21.7 Å². The third-order valence-electron chi connectivity index (χ3n) is 1.55. The fourth-order valence-corrected chi connectivity index (χ4v) is 0.806. The normalized spacial score (nSPS) is 11.7. The molecule has 0 rings (SSSR count). The molecule has 0 amide bonds. The number of carboxylic acid groups (broad SMARTS) is 2. The van der Waals surface area contributed by atoms with Crippen molar-refractivity contribution in [2.24, 2.45) is 22.4 Å². The largest absolute Gasteiger partial charge is 0.481 e. The van der Waals surface area contributed by atoms with E-state index in [9.17, 15) is 9.59 Å². The third-order valence-corrected chi connectivity index (χ3v) is 1.55. The lowest BCUT2D eigenvalue weighted by Crippen LogP contribution is -2.26. The number of aliphatic carboxylic acids is 2. The monoisotopic (exact) mass is 203 g/mol. The zero-order chi connectivity index (χ0) is 11.1. The molecule has 0 heterocycles. The van der Waals surface area contributed by atoms with Crippen molar-refractivity contribution in [1.29, 1.82) is 0 Å². The van der Waals surface area contributed by atoms with Crippen LogP contribution in [0.2, 0.25) is 0 Å². The summed E-state index contributed by atoms with van der Waals surface area (Å²) < 4.78 is 0. The van der Waals surface area contributed by atoms with Crippen LogP contribution < -0.4 is 11.5 Å². The molecule has 1 atom stereocenters. The number of carboxylic acids is 2. The molecule has 0 saturated carbocycles. The first kappa shape index (κ1) is 12.2. The highest BCUT2D eigenvalue weighted by molar-refractivity contribution is 5.77. The molecule has 0 aliphatic carbocycles. The van der Waals surface area contributed by atoms with Crippen molar-refractivity contribution in [2.75, 3.05) is 6.54 Å². The van der Waals surface area contributed by atoms with E-state index in [0.717, 1.165) is 0 Å². The number of nitrogens with two attached hydrogens (primary N) is 2. The van der Waals surface area contributed by atoms with Gasteiger partial charge in [-0.15, -0.1) is 0 Å². The fourth-order valence-electron chi connectivity index (χ4n) is 0.806. The van der Waals surface area contributed by atoms with E-state index in [1.807, 2.05) is 0 Å². The summed E-state index contributed by atoms with van der Waals surface area (Å²) in [5.74, 6) is -3.20. The van der Waals surface area contributed by atoms with Crippen molar-refractivity contribution in [3.05, 3.63) is 0 Å². The Labute approximate surface area is 80.4 Å². The Morgan fingerprint density at radius 3 is 2.21 bits per heavy atom. The smallest absolute Gasteiger partial charge is 0.308 e. The van der Waals surface area contributed by atoms with Gasteiger partial charge in [-0.25, -0.2) is 0 Å². The Hall–Kier alpha value is -1.79. The molecule has 0 spiro atoms. The first-order valence-corrected chi connectivity index (χ1v) is 3.93. The van der Waals surface area contributed by atoms with Crippen LogP contribution in [0.4, 0.5) is 0 Å². The minimum absolute atomic E-state index is 0.0153. The summed E-state index contributed by atoms with van der Waals surface area (Å²) >= 11 is 0. The average molecular weight is 203 g/mol. The van der Waals surface area contributed by atoms with E-state index >= 15 is 0 Å². The lowest BCUT2D eigenvalue weighted by molar-refractivity contribution is -0.142. The van der Waals surface area contributed by atoms with E-state index in [4.69, 9.17) is 21.7 Å². The van der Waals surface area contributed by atoms with Crippen molar-refractivity contribution in [3.63, 3.8) is 0 Å². The van der Waals surface area contributed by atoms with Gasteiger partial charge in [-0.3, -0.25) is 14.6 Å². The van der Waals surface area contributed by atoms with Crippen LogP contribution in [0.5, 0.6) is 0 Å². The topological polar surface area (TPSA) is 139 Å².